The first kappa shape index (κ1) is 18.0. The van der Waals surface area contributed by atoms with Crippen molar-refractivity contribution in [1.82, 2.24) is 9.97 Å². The topological polar surface area (TPSA) is 25.8 Å². The maximum Gasteiger partial charge on any atom is 0.141 e. The minimum atomic E-state index is -1.85. The molecule has 0 N–H and O–H groups in total. The van der Waals surface area contributed by atoms with Crippen LogP contribution in [0.25, 0.3) is 22.5 Å². The highest BCUT2D eigenvalue weighted by Gasteiger charge is 2.41. The van der Waals surface area contributed by atoms with Gasteiger partial charge in [0, 0.05) is 17.1 Å². The zero-order valence-electron chi connectivity index (χ0n) is 16.5. The summed E-state index contributed by atoms with van der Waals surface area (Å²) < 4.78 is 0. The molecular formula is C26H24N2Si. The van der Waals surface area contributed by atoms with Gasteiger partial charge >= 0.3 is 0 Å². The zero-order valence-corrected chi connectivity index (χ0v) is 17.5. The van der Waals surface area contributed by atoms with Gasteiger partial charge in [0.1, 0.15) is 8.07 Å². The average molecular weight is 393 g/mol. The van der Waals surface area contributed by atoms with Gasteiger partial charge in [-0.1, -0.05) is 84.8 Å². The highest BCUT2D eigenvalue weighted by molar-refractivity contribution is 7.02. The normalized spacial score (nSPS) is 15.3. The minimum Gasteiger partial charge on any atom is -0.257 e. The van der Waals surface area contributed by atoms with Crippen molar-refractivity contribution in [2.24, 2.45) is 0 Å². The van der Waals surface area contributed by atoms with Crippen LogP contribution in [0.2, 0.25) is 12.1 Å². The van der Waals surface area contributed by atoms with Crippen molar-refractivity contribution >= 4 is 18.6 Å². The predicted octanol–water partition coefficient (Wildman–Crippen LogP) is 5.17. The summed E-state index contributed by atoms with van der Waals surface area (Å²) >= 11 is 0. The van der Waals surface area contributed by atoms with Crippen molar-refractivity contribution in [2.45, 2.75) is 24.9 Å². The van der Waals surface area contributed by atoms with E-state index in [0.29, 0.717) is 0 Å². The third-order valence-electron chi connectivity index (χ3n) is 6.14. The molecule has 3 heteroatoms. The number of aromatic nitrogens is 2. The Hall–Kier alpha value is -3.04. The maximum atomic E-state index is 5.22. The molecule has 0 unspecified atom stereocenters. The van der Waals surface area contributed by atoms with E-state index < -0.39 is 8.07 Å². The van der Waals surface area contributed by atoms with Crippen molar-refractivity contribution in [3.05, 3.63) is 97.2 Å². The van der Waals surface area contributed by atoms with Gasteiger partial charge in [-0.2, -0.15) is 0 Å². The zero-order chi connectivity index (χ0) is 19.5. The fourth-order valence-electron chi connectivity index (χ4n) is 4.65. The SMILES string of the molecule is c1ccc(-c2cccc([Si]3(c4cccc(-c5ccccn5)c4)CCCC3)n2)cc1. The van der Waals surface area contributed by atoms with Gasteiger partial charge in [0.2, 0.25) is 0 Å². The summed E-state index contributed by atoms with van der Waals surface area (Å²) in [6, 6.07) is 34.9. The molecule has 0 radical (unpaired) electrons. The molecule has 29 heavy (non-hydrogen) atoms. The van der Waals surface area contributed by atoms with Gasteiger partial charge in [-0.3, -0.25) is 9.97 Å². The van der Waals surface area contributed by atoms with E-state index in [2.05, 4.69) is 89.9 Å². The minimum absolute atomic E-state index is 1.04. The van der Waals surface area contributed by atoms with Crippen LogP contribution in [0.4, 0.5) is 0 Å². The summed E-state index contributed by atoms with van der Waals surface area (Å²) in [5.41, 5.74) is 4.53. The standard InChI is InChI=1S/C26H24N2Si/c1-2-10-21(11-3-1)25-15-9-16-26(28-25)29(18-6-7-19-29)23-13-8-12-22(20-23)24-14-4-5-17-27-24/h1-5,8-17,20H,6-7,18-19H2. The summed E-state index contributed by atoms with van der Waals surface area (Å²) in [5.74, 6) is 0. The lowest BCUT2D eigenvalue weighted by atomic mass is 10.1. The fourth-order valence-corrected chi connectivity index (χ4v) is 9.59. The van der Waals surface area contributed by atoms with E-state index in [0.717, 1.165) is 11.4 Å². The lowest BCUT2D eigenvalue weighted by Crippen LogP contribution is -2.57. The average Bonchev–Trinajstić information content (AvgIpc) is 3.32. The van der Waals surface area contributed by atoms with E-state index in [1.807, 2.05) is 12.3 Å². The third kappa shape index (κ3) is 3.43. The van der Waals surface area contributed by atoms with E-state index in [4.69, 9.17) is 4.98 Å². The fraction of sp³-hybridized carbons (Fsp3) is 0.154. The Labute approximate surface area is 173 Å². The molecule has 1 aliphatic heterocycles. The van der Waals surface area contributed by atoms with Crippen molar-refractivity contribution in [1.29, 1.82) is 0 Å². The van der Waals surface area contributed by atoms with Gasteiger partial charge in [-0.25, -0.2) is 0 Å². The van der Waals surface area contributed by atoms with E-state index in [-0.39, 0.29) is 0 Å². The smallest absolute Gasteiger partial charge is 0.141 e. The molecule has 0 amide bonds. The second-order valence-electron chi connectivity index (χ2n) is 7.86. The summed E-state index contributed by atoms with van der Waals surface area (Å²) in [7, 11) is -1.85. The first-order chi connectivity index (χ1) is 14.4. The molecule has 2 aromatic heterocycles. The maximum absolute atomic E-state index is 5.22. The largest absolute Gasteiger partial charge is 0.257 e. The lowest BCUT2D eigenvalue weighted by Gasteiger charge is -2.27. The quantitative estimate of drug-likeness (QED) is 0.448. The molecule has 0 atom stereocenters. The number of hydrogen-bond donors (Lipinski definition) is 0. The van der Waals surface area contributed by atoms with Gasteiger partial charge in [-0.05, 0) is 41.9 Å². The summed E-state index contributed by atoms with van der Waals surface area (Å²) in [4.78, 5) is 9.79. The molecule has 2 nitrogen and oxygen atoms in total. The first-order valence-electron chi connectivity index (χ1n) is 10.4. The summed E-state index contributed by atoms with van der Waals surface area (Å²) in [5, 5.41) is 2.82. The van der Waals surface area contributed by atoms with Crippen molar-refractivity contribution < 1.29 is 0 Å². The molecule has 0 bridgehead atoms. The second-order valence-corrected chi connectivity index (χ2v) is 12.1. The molecule has 0 spiro atoms. The van der Waals surface area contributed by atoms with E-state index in [9.17, 15) is 0 Å². The Bertz CT molecular complexity index is 1020. The van der Waals surface area contributed by atoms with Crippen molar-refractivity contribution in [2.75, 3.05) is 0 Å². The highest BCUT2D eigenvalue weighted by Crippen LogP contribution is 2.31. The molecule has 0 saturated carbocycles. The Balaban J connectivity index is 1.61. The molecule has 1 fully saturated rings. The van der Waals surface area contributed by atoms with Crippen LogP contribution in [-0.4, -0.2) is 18.0 Å². The molecule has 3 heterocycles. The van der Waals surface area contributed by atoms with Gasteiger partial charge < -0.3 is 0 Å². The molecule has 1 saturated heterocycles. The molecule has 5 rings (SSSR count). The molecule has 2 aromatic carbocycles. The van der Waals surface area contributed by atoms with E-state index >= 15 is 0 Å². The highest BCUT2D eigenvalue weighted by atomic mass is 28.3. The number of pyridine rings is 2. The molecule has 0 aliphatic carbocycles. The number of benzene rings is 2. The van der Waals surface area contributed by atoms with Crippen LogP contribution in [0.15, 0.2) is 97.2 Å². The van der Waals surface area contributed by atoms with Gasteiger partial charge in [0.05, 0.1) is 11.4 Å². The summed E-state index contributed by atoms with van der Waals surface area (Å²) in [6.45, 7) is 0. The Morgan fingerprint density at radius 3 is 2.14 bits per heavy atom. The number of rotatable bonds is 4. The monoisotopic (exact) mass is 392 g/mol. The Morgan fingerprint density at radius 2 is 1.34 bits per heavy atom. The van der Waals surface area contributed by atoms with Gasteiger partial charge in [0.25, 0.3) is 0 Å². The predicted molar refractivity (Wildman–Crippen MR) is 123 cm³/mol. The second kappa shape index (κ2) is 7.76. The molecule has 4 aromatic rings. The van der Waals surface area contributed by atoms with E-state index in [1.54, 1.807) is 0 Å². The van der Waals surface area contributed by atoms with Crippen molar-refractivity contribution in [3.8, 4) is 22.5 Å². The van der Waals surface area contributed by atoms with Crippen LogP contribution < -0.4 is 10.5 Å². The summed E-state index contributed by atoms with van der Waals surface area (Å²) in [6.07, 6.45) is 4.48. The van der Waals surface area contributed by atoms with Crippen LogP contribution in [0.1, 0.15) is 12.8 Å². The van der Waals surface area contributed by atoms with Crippen molar-refractivity contribution in [3.63, 3.8) is 0 Å². The van der Waals surface area contributed by atoms with Crippen LogP contribution >= 0.6 is 0 Å². The van der Waals surface area contributed by atoms with Crippen LogP contribution in [0.3, 0.4) is 0 Å². The van der Waals surface area contributed by atoms with Crippen LogP contribution in [0.5, 0.6) is 0 Å². The number of nitrogens with zero attached hydrogens (tertiary/aromatic N) is 2. The van der Waals surface area contributed by atoms with Gasteiger partial charge in [0.15, 0.2) is 0 Å². The molecule has 142 valence electrons. The molecular weight excluding hydrogens is 368 g/mol. The Morgan fingerprint density at radius 1 is 0.621 bits per heavy atom. The van der Waals surface area contributed by atoms with E-state index in [1.165, 1.54) is 46.6 Å². The van der Waals surface area contributed by atoms with Gasteiger partial charge in [-0.15, -0.1) is 0 Å². The number of hydrogen-bond acceptors (Lipinski definition) is 2. The van der Waals surface area contributed by atoms with Crippen LogP contribution in [-0.2, 0) is 0 Å². The third-order valence-corrected chi connectivity index (χ3v) is 11.2. The van der Waals surface area contributed by atoms with Crippen LogP contribution in [0, 0.1) is 0 Å². The first-order valence-corrected chi connectivity index (χ1v) is 12.8. The molecule has 1 aliphatic rings. The lowest BCUT2D eigenvalue weighted by molar-refractivity contribution is 0.935. The Kier molecular flexibility index (Phi) is 4.82.